The van der Waals surface area contributed by atoms with E-state index >= 15 is 0 Å². The zero-order valence-corrected chi connectivity index (χ0v) is 21.8. The fraction of sp³-hybridized carbons (Fsp3) is 0.226. The van der Waals surface area contributed by atoms with E-state index in [1.807, 2.05) is 30.3 Å². The van der Waals surface area contributed by atoms with Crippen LogP contribution in [0.15, 0.2) is 89.3 Å². The normalized spacial score (nSPS) is 18.8. The van der Waals surface area contributed by atoms with Gasteiger partial charge in [-0.25, -0.2) is 8.78 Å². The molecule has 1 aliphatic heterocycles. The second kappa shape index (κ2) is 10.7. The highest BCUT2D eigenvalue weighted by atomic mass is 19.1. The van der Waals surface area contributed by atoms with Gasteiger partial charge in [0.25, 0.3) is 5.91 Å². The van der Waals surface area contributed by atoms with Crippen LogP contribution in [0.25, 0.3) is 0 Å². The second-order valence-corrected chi connectivity index (χ2v) is 9.59. The van der Waals surface area contributed by atoms with E-state index in [1.165, 1.54) is 20.3 Å². The SMILES string of the molecule is COc1ccc([C@H]2C(C(=O)Nc3c(F)cccc3F)=C(C)NC3=C2C(=O)C[C@@H](c2ccccc2)C3)cc1OC. The number of ether oxygens (including phenoxy) is 2. The molecule has 1 aliphatic carbocycles. The summed E-state index contributed by atoms with van der Waals surface area (Å²) in [4.78, 5) is 27.5. The van der Waals surface area contributed by atoms with Crippen molar-refractivity contribution in [2.75, 3.05) is 19.5 Å². The number of carbonyl (C=O) groups excluding carboxylic acids is 2. The van der Waals surface area contributed by atoms with Gasteiger partial charge < -0.3 is 20.1 Å². The third kappa shape index (κ3) is 4.90. The number of methoxy groups -OCH3 is 2. The molecule has 8 heteroatoms. The van der Waals surface area contributed by atoms with E-state index in [2.05, 4.69) is 10.6 Å². The van der Waals surface area contributed by atoms with Crippen LogP contribution in [0.4, 0.5) is 14.5 Å². The van der Waals surface area contributed by atoms with E-state index in [0.29, 0.717) is 34.8 Å². The van der Waals surface area contributed by atoms with Crippen LogP contribution in [0.3, 0.4) is 0 Å². The van der Waals surface area contributed by atoms with E-state index in [9.17, 15) is 18.4 Å². The number of carbonyl (C=O) groups is 2. The summed E-state index contributed by atoms with van der Waals surface area (Å²) in [5, 5.41) is 5.68. The standard InChI is InChI=1S/C31H28F2N2O4/c1-17-27(31(37)35-30-21(32)10-7-11-22(30)33)28(19-12-13-25(38-2)26(16-19)39-3)29-23(34-17)14-20(15-24(29)36)18-8-5-4-6-9-18/h4-13,16,20,28,34H,14-15H2,1-3H3,(H,35,37)/t20-,28-/m0/s1. The summed E-state index contributed by atoms with van der Waals surface area (Å²) in [6.45, 7) is 1.72. The fourth-order valence-corrected chi connectivity index (χ4v) is 5.46. The van der Waals surface area contributed by atoms with Gasteiger partial charge in [-0.3, -0.25) is 9.59 Å². The number of hydrogen-bond acceptors (Lipinski definition) is 5. The number of dihydropyridines is 1. The van der Waals surface area contributed by atoms with Crippen molar-refractivity contribution in [2.45, 2.75) is 31.6 Å². The third-order valence-corrected chi connectivity index (χ3v) is 7.29. The number of nitrogens with one attached hydrogen (secondary N) is 2. The number of anilines is 1. The van der Waals surface area contributed by atoms with Gasteiger partial charge in [0.05, 0.1) is 14.2 Å². The van der Waals surface area contributed by atoms with Crippen LogP contribution in [-0.2, 0) is 9.59 Å². The number of ketones is 1. The summed E-state index contributed by atoms with van der Waals surface area (Å²) in [5.41, 5.74) is 2.99. The van der Waals surface area contributed by atoms with Gasteiger partial charge in [-0.1, -0.05) is 42.5 Å². The lowest BCUT2D eigenvalue weighted by Gasteiger charge is -2.37. The molecule has 0 fully saturated rings. The Balaban J connectivity index is 1.62. The summed E-state index contributed by atoms with van der Waals surface area (Å²) in [6.07, 6.45) is 0.841. The van der Waals surface area contributed by atoms with Crippen LogP contribution in [0.1, 0.15) is 42.7 Å². The summed E-state index contributed by atoms with van der Waals surface area (Å²) in [5.74, 6) is -2.51. The minimum atomic E-state index is -0.896. The first-order valence-electron chi connectivity index (χ1n) is 12.6. The highest BCUT2D eigenvalue weighted by molar-refractivity contribution is 6.10. The third-order valence-electron chi connectivity index (χ3n) is 7.29. The molecule has 0 bridgehead atoms. The summed E-state index contributed by atoms with van der Waals surface area (Å²) in [7, 11) is 3.02. The predicted octanol–water partition coefficient (Wildman–Crippen LogP) is 5.98. The van der Waals surface area contributed by atoms with Gasteiger partial charge in [0.2, 0.25) is 0 Å². The Kier molecular flexibility index (Phi) is 7.19. The first-order chi connectivity index (χ1) is 18.8. The number of rotatable bonds is 6. The molecule has 0 spiro atoms. The van der Waals surface area contributed by atoms with Crippen molar-refractivity contribution in [3.8, 4) is 11.5 Å². The Morgan fingerprint density at radius 2 is 1.59 bits per heavy atom. The Morgan fingerprint density at radius 1 is 0.897 bits per heavy atom. The van der Waals surface area contributed by atoms with Crippen molar-refractivity contribution in [3.63, 3.8) is 0 Å². The van der Waals surface area contributed by atoms with Gasteiger partial charge in [-0.2, -0.15) is 0 Å². The Hall–Kier alpha value is -4.46. The molecule has 2 N–H and O–H groups in total. The van der Waals surface area contributed by atoms with Gasteiger partial charge in [0.1, 0.15) is 17.3 Å². The molecule has 1 heterocycles. The van der Waals surface area contributed by atoms with Crippen molar-refractivity contribution >= 4 is 17.4 Å². The number of hydrogen-bond donors (Lipinski definition) is 2. The van der Waals surface area contributed by atoms with Crippen molar-refractivity contribution in [1.82, 2.24) is 5.32 Å². The molecule has 3 aromatic rings. The van der Waals surface area contributed by atoms with Crippen LogP contribution >= 0.6 is 0 Å². The fourth-order valence-electron chi connectivity index (χ4n) is 5.46. The molecule has 0 saturated carbocycles. The quantitative estimate of drug-likeness (QED) is 0.410. The van der Waals surface area contributed by atoms with Gasteiger partial charge in [0, 0.05) is 34.9 Å². The maximum Gasteiger partial charge on any atom is 0.254 e. The number of para-hydroxylation sites is 1. The lowest BCUT2D eigenvalue weighted by molar-refractivity contribution is -0.116. The van der Waals surface area contributed by atoms with E-state index in [4.69, 9.17) is 9.47 Å². The van der Waals surface area contributed by atoms with Crippen LogP contribution in [0.2, 0.25) is 0 Å². The minimum absolute atomic E-state index is 0.0216. The number of allylic oxidation sites excluding steroid dienone is 3. The maximum atomic E-state index is 14.4. The molecule has 0 radical (unpaired) electrons. The molecular weight excluding hydrogens is 502 g/mol. The van der Waals surface area contributed by atoms with Crippen molar-refractivity contribution in [2.24, 2.45) is 0 Å². The lowest BCUT2D eigenvalue weighted by Crippen LogP contribution is -2.37. The largest absolute Gasteiger partial charge is 0.493 e. The van der Waals surface area contributed by atoms with E-state index in [1.54, 1.807) is 25.1 Å². The molecule has 2 aliphatic rings. The average molecular weight is 531 g/mol. The number of amides is 1. The van der Waals surface area contributed by atoms with Crippen LogP contribution in [-0.4, -0.2) is 25.9 Å². The van der Waals surface area contributed by atoms with E-state index in [0.717, 1.165) is 23.4 Å². The smallest absolute Gasteiger partial charge is 0.254 e. The molecule has 1 amide bonds. The summed E-state index contributed by atoms with van der Waals surface area (Å²) >= 11 is 0. The van der Waals surface area contributed by atoms with Crippen molar-refractivity contribution in [3.05, 3.63) is 112 Å². The predicted molar refractivity (Wildman–Crippen MR) is 144 cm³/mol. The van der Waals surface area contributed by atoms with Crippen LogP contribution in [0.5, 0.6) is 11.5 Å². The summed E-state index contributed by atoms with van der Waals surface area (Å²) < 4.78 is 39.7. The zero-order chi connectivity index (χ0) is 27.7. The van der Waals surface area contributed by atoms with E-state index < -0.39 is 29.1 Å². The van der Waals surface area contributed by atoms with Crippen molar-refractivity contribution in [1.29, 1.82) is 0 Å². The molecule has 0 unspecified atom stereocenters. The molecule has 3 aromatic carbocycles. The topological polar surface area (TPSA) is 76.7 Å². The summed E-state index contributed by atoms with van der Waals surface area (Å²) in [6, 6.07) is 18.4. The molecule has 0 aromatic heterocycles. The molecule has 2 atom stereocenters. The monoisotopic (exact) mass is 530 g/mol. The Morgan fingerprint density at radius 3 is 2.26 bits per heavy atom. The molecular formula is C31H28F2N2O4. The van der Waals surface area contributed by atoms with Crippen molar-refractivity contribution < 1.29 is 27.8 Å². The molecule has 5 rings (SSSR count). The average Bonchev–Trinajstić information content (AvgIpc) is 2.94. The number of halogens is 2. The lowest BCUT2D eigenvalue weighted by atomic mass is 9.71. The van der Waals surface area contributed by atoms with Crippen LogP contribution < -0.4 is 20.1 Å². The molecule has 6 nitrogen and oxygen atoms in total. The molecule has 39 heavy (non-hydrogen) atoms. The van der Waals surface area contributed by atoms with Gasteiger partial charge in [-0.15, -0.1) is 0 Å². The van der Waals surface area contributed by atoms with Gasteiger partial charge in [0.15, 0.2) is 17.3 Å². The number of benzene rings is 3. The zero-order valence-electron chi connectivity index (χ0n) is 21.8. The first-order valence-corrected chi connectivity index (χ1v) is 12.6. The molecule has 200 valence electrons. The number of Topliss-reactive ketones (excluding diaryl/α,β-unsaturated/α-hetero) is 1. The maximum absolute atomic E-state index is 14.4. The van der Waals surface area contributed by atoms with Gasteiger partial charge >= 0.3 is 0 Å². The molecule has 0 saturated heterocycles. The Bertz CT molecular complexity index is 1490. The Labute approximate surface area is 225 Å². The van der Waals surface area contributed by atoms with Gasteiger partial charge in [-0.05, 0) is 54.7 Å². The van der Waals surface area contributed by atoms with E-state index in [-0.39, 0.29) is 23.7 Å². The minimum Gasteiger partial charge on any atom is -0.493 e. The highest BCUT2D eigenvalue weighted by Crippen LogP contribution is 2.47. The highest BCUT2D eigenvalue weighted by Gasteiger charge is 2.41. The first kappa shape index (κ1) is 26.2. The second-order valence-electron chi connectivity index (χ2n) is 9.59. The van der Waals surface area contributed by atoms with Crippen LogP contribution in [0, 0.1) is 11.6 Å².